The molecule has 2 atom stereocenters. The van der Waals surface area contributed by atoms with Crippen LogP contribution in [0.3, 0.4) is 0 Å². The van der Waals surface area contributed by atoms with Gasteiger partial charge in [0.1, 0.15) is 6.61 Å². The summed E-state index contributed by atoms with van der Waals surface area (Å²) in [4.78, 5) is 34.7. The number of carbonyl (C=O) groups is 2. The minimum absolute atomic E-state index is 0.0558. The minimum atomic E-state index is -4.36. The number of nitrogens with two attached hydrogens (primary N) is 1. The van der Waals surface area contributed by atoms with Gasteiger partial charge < -0.3 is 20.1 Å². The molecule has 0 fully saturated rings. The summed E-state index contributed by atoms with van der Waals surface area (Å²) in [5, 5.41) is 0. The van der Waals surface area contributed by atoms with E-state index in [0.717, 1.165) is 32.1 Å². The van der Waals surface area contributed by atoms with Gasteiger partial charge in [0.25, 0.3) is 0 Å². The number of esters is 2. The molecular formula is C37H72NO8P. The molecule has 0 rings (SSSR count). The number of allylic oxidation sites excluding steroid dienone is 2. The van der Waals surface area contributed by atoms with Gasteiger partial charge in [0.2, 0.25) is 0 Å². The summed E-state index contributed by atoms with van der Waals surface area (Å²) in [6.07, 6.45) is 32.4. The Hall–Kier alpha value is -1.25. The molecule has 10 heteroatoms. The number of unbranched alkanes of at least 4 members (excludes halogenated alkanes) is 21. The summed E-state index contributed by atoms with van der Waals surface area (Å²) in [6, 6.07) is 0. The third-order valence-corrected chi connectivity index (χ3v) is 9.14. The Balaban J connectivity index is 4.18. The molecular weight excluding hydrogens is 617 g/mol. The van der Waals surface area contributed by atoms with Gasteiger partial charge in [-0.25, -0.2) is 4.57 Å². The highest BCUT2D eigenvalue weighted by Crippen LogP contribution is 2.43. The summed E-state index contributed by atoms with van der Waals surface area (Å²) in [5.74, 6) is -0.827. The molecule has 3 N–H and O–H groups in total. The van der Waals surface area contributed by atoms with Crippen LogP contribution in [-0.2, 0) is 32.7 Å². The molecule has 0 saturated heterocycles. The Bertz CT molecular complexity index is 794. The van der Waals surface area contributed by atoms with Gasteiger partial charge in [-0.1, -0.05) is 148 Å². The van der Waals surface area contributed by atoms with E-state index < -0.39 is 26.5 Å². The fourth-order valence-corrected chi connectivity index (χ4v) is 6.03. The zero-order chi connectivity index (χ0) is 34.7. The van der Waals surface area contributed by atoms with Crippen LogP contribution >= 0.6 is 7.82 Å². The van der Waals surface area contributed by atoms with Crippen molar-refractivity contribution in [2.45, 2.75) is 187 Å². The lowest BCUT2D eigenvalue weighted by molar-refractivity contribution is -0.161. The summed E-state index contributed by atoms with van der Waals surface area (Å²) >= 11 is 0. The van der Waals surface area contributed by atoms with Crippen molar-refractivity contribution in [1.82, 2.24) is 0 Å². The van der Waals surface area contributed by atoms with Crippen molar-refractivity contribution in [3.05, 3.63) is 12.2 Å². The monoisotopic (exact) mass is 689 g/mol. The van der Waals surface area contributed by atoms with Gasteiger partial charge >= 0.3 is 19.8 Å². The SMILES string of the molecule is CCCC/C=C/CCCCCCCCCCCC(=O)OC[C@H](COP(=O)(O)OCCN)OC(=O)CCCCCCCCCCCCC. The summed E-state index contributed by atoms with van der Waals surface area (Å²) < 4.78 is 32.6. The molecule has 0 aromatic heterocycles. The van der Waals surface area contributed by atoms with Crippen LogP contribution in [0.15, 0.2) is 12.2 Å². The van der Waals surface area contributed by atoms with E-state index in [0.29, 0.717) is 6.42 Å². The van der Waals surface area contributed by atoms with E-state index >= 15 is 0 Å². The first-order valence-corrected chi connectivity index (χ1v) is 20.7. The third-order valence-electron chi connectivity index (χ3n) is 8.15. The van der Waals surface area contributed by atoms with E-state index in [1.165, 1.54) is 116 Å². The average Bonchev–Trinajstić information content (AvgIpc) is 3.05. The molecule has 47 heavy (non-hydrogen) atoms. The molecule has 278 valence electrons. The summed E-state index contributed by atoms with van der Waals surface area (Å²) in [6.45, 7) is 3.69. The Kier molecular flexibility index (Phi) is 33.7. The normalized spacial score (nSPS) is 13.5. The van der Waals surface area contributed by atoms with Crippen LogP contribution in [0.25, 0.3) is 0 Å². The Labute approximate surface area is 288 Å². The number of hydrogen-bond acceptors (Lipinski definition) is 8. The van der Waals surface area contributed by atoms with Gasteiger partial charge in [-0.2, -0.15) is 0 Å². The van der Waals surface area contributed by atoms with Crippen LogP contribution in [0.2, 0.25) is 0 Å². The third kappa shape index (κ3) is 34.4. The molecule has 0 aromatic rings. The average molecular weight is 690 g/mol. The molecule has 0 saturated carbocycles. The quantitative estimate of drug-likeness (QED) is 0.0285. The van der Waals surface area contributed by atoms with Crippen LogP contribution < -0.4 is 5.73 Å². The standard InChI is InChI=1S/C37H72NO8P/c1-3-5-7-9-11-13-15-16-17-18-20-21-23-25-27-29-36(39)43-33-35(34-45-47(41,42)44-32-31-38)46-37(40)30-28-26-24-22-19-14-12-10-8-6-4-2/h9,11,35H,3-8,10,12-34,38H2,1-2H3,(H,41,42)/b11-9+/t35-/m1/s1. The van der Waals surface area contributed by atoms with Gasteiger partial charge in [-0.3, -0.25) is 18.6 Å². The Morgan fingerprint density at radius 1 is 0.617 bits per heavy atom. The number of hydrogen-bond donors (Lipinski definition) is 2. The number of phosphoric ester groups is 1. The van der Waals surface area contributed by atoms with E-state index in [4.69, 9.17) is 24.3 Å². The Morgan fingerprint density at radius 3 is 1.57 bits per heavy atom. The Morgan fingerprint density at radius 2 is 1.06 bits per heavy atom. The molecule has 0 spiro atoms. The summed E-state index contributed by atoms with van der Waals surface area (Å²) in [5.41, 5.74) is 5.33. The molecule has 0 aromatic carbocycles. The first kappa shape index (κ1) is 45.8. The van der Waals surface area contributed by atoms with Crippen LogP contribution in [0.5, 0.6) is 0 Å². The molecule has 0 aliphatic rings. The van der Waals surface area contributed by atoms with Crippen molar-refractivity contribution in [1.29, 1.82) is 0 Å². The van der Waals surface area contributed by atoms with Crippen molar-refractivity contribution < 1.29 is 37.6 Å². The first-order valence-electron chi connectivity index (χ1n) is 19.2. The molecule has 0 aliphatic heterocycles. The number of carbonyl (C=O) groups excluding carboxylic acids is 2. The van der Waals surface area contributed by atoms with Crippen LogP contribution in [0, 0.1) is 0 Å². The number of ether oxygens (including phenoxy) is 2. The number of rotatable bonds is 36. The largest absolute Gasteiger partial charge is 0.472 e. The molecule has 0 aliphatic carbocycles. The van der Waals surface area contributed by atoms with Crippen molar-refractivity contribution in [3.8, 4) is 0 Å². The lowest BCUT2D eigenvalue weighted by Crippen LogP contribution is -2.29. The van der Waals surface area contributed by atoms with Crippen LogP contribution in [0.1, 0.15) is 181 Å². The van der Waals surface area contributed by atoms with Crippen molar-refractivity contribution in [3.63, 3.8) is 0 Å². The van der Waals surface area contributed by atoms with E-state index in [1.54, 1.807) is 0 Å². The highest BCUT2D eigenvalue weighted by atomic mass is 31.2. The molecule has 0 radical (unpaired) electrons. The van der Waals surface area contributed by atoms with Gasteiger partial charge in [-0.15, -0.1) is 0 Å². The van der Waals surface area contributed by atoms with E-state index in [1.807, 2.05) is 0 Å². The lowest BCUT2D eigenvalue weighted by atomic mass is 10.1. The van der Waals surface area contributed by atoms with Gasteiger partial charge in [-0.05, 0) is 32.1 Å². The first-order chi connectivity index (χ1) is 22.8. The van der Waals surface area contributed by atoms with Crippen molar-refractivity contribution in [2.75, 3.05) is 26.4 Å². The topological polar surface area (TPSA) is 134 Å². The molecule has 0 bridgehead atoms. The summed E-state index contributed by atoms with van der Waals surface area (Å²) in [7, 11) is -4.36. The van der Waals surface area contributed by atoms with Crippen LogP contribution in [0.4, 0.5) is 0 Å². The predicted octanol–water partition coefficient (Wildman–Crippen LogP) is 10.3. The highest BCUT2D eigenvalue weighted by Gasteiger charge is 2.25. The predicted molar refractivity (Wildman–Crippen MR) is 192 cm³/mol. The molecule has 0 amide bonds. The fourth-order valence-electron chi connectivity index (χ4n) is 5.26. The van der Waals surface area contributed by atoms with Crippen molar-refractivity contribution >= 4 is 19.8 Å². The van der Waals surface area contributed by atoms with Crippen molar-refractivity contribution in [2.24, 2.45) is 5.73 Å². The maximum atomic E-state index is 12.5. The fraction of sp³-hybridized carbons (Fsp3) is 0.892. The molecule has 0 heterocycles. The van der Waals surface area contributed by atoms with Gasteiger partial charge in [0, 0.05) is 19.4 Å². The second-order valence-electron chi connectivity index (χ2n) is 12.8. The maximum Gasteiger partial charge on any atom is 0.472 e. The molecule has 9 nitrogen and oxygen atoms in total. The number of phosphoric acid groups is 1. The van der Waals surface area contributed by atoms with Gasteiger partial charge in [0.15, 0.2) is 6.10 Å². The minimum Gasteiger partial charge on any atom is -0.462 e. The van der Waals surface area contributed by atoms with Crippen LogP contribution in [-0.4, -0.2) is 49.3 Å². The van der Waals surface area contributed by atoms with E-state index in [9.17, 15) is 19.0 Å². The van der Waals surface area contributed by atoms with Gasteiger partial charge in [0.05, 0.1) is 13.2 Å². The highest BCUT2D eigenvalue weighted by molar-refractivity contribution is 7.47. The smallest absolute Gasteiger partial charge is 0.462 e. The lowest BCUT2D eigenvalue weighted by Gasteiger charge is -2.19. The molecule has 1 unspecified atom stereocenters. The second-order valence-corrected chi connectivity index (χ2v) is 14.3. The van der Waals surface area contributed by atoms with E-state index in [-0.39, 0.29) is 38.6 Å². The second kappa shape index (κ2) is 34.6. The van der Waals surface area contributed by atoms with E-state index in [2.05, 4.69) is 26.0 Å². The zero-order valence-electron chi connectivity index (χ0n) is 30.3. The zero-order valence-corrected chi connectivity index (χ0v) is 31.2. The maximum absolute atomic E-state index is 12.5.